The molecule has 136 valence electrons. The summed E-state index contributed by atoms with van der Waals surface area (Å²) in [6.45, 7) is 0. The first kappa shape index (κ1) is 17.1. The summed E-state index contributed by atoms with van der Waals surface area (Å²) < 4.78 is 14.0. The number of hydrogen-bond acceptors (Lipinski definition) is 5. The van der Waals surface area contributed by atoms with Crippen molar-refractivity contribution in [3.8, 4) is 0 Å². The average molecular weight is 363 g/mol. The summed E-state index contributed by atoms with van der Waals surface area (Å²) >= 11 is 0. The molecule has 0 saturated heterocycles. The molecule has 0 aliphatic heterocycles. The number of hydrogen-bond donors (Lipinski definition) is 2. The normalized spacial score (nSPS) is 15.4. The fraction of sp³-hybridized carbons (Fsp3) is 0.200. The van der Waals surface area contributed by atoms with Crippen LogP contribution in [0.1, 0.15) is 45.3 Å². The highest BCUT2D eigenvalue weighted by molar-refractivity contribution is 5.98. The van der Waals surface area contributed by atoms with Crippen molar-refractivity contribution in [3.63, 3.8) is 0 Å². The quantitative estimate of drug-likeness (QED) is 0.727. The van der Waals surface area contributed by atoms with E-state index in [-0.39, 0.29) is 11.9 Å². The minimum atomic E-state index is -0.562. The van der Waals surface area contributed by atoms with Gasteiger partial charge in [0.1, 0.15) is 5.82 Å². The number of aromatic nitrogens is 3. The van der Waals surface area contributed by atoms with E-state index in [0.29, 0.717) is 24.1 Å². The Morgan fingerprint density at radius 2 is 2.11 bits per heavy atom. The molecule has 2 aromatic heterocycles. The second-order valence-corrected chi connectivity index (χ2v) is 6.50. The first-order valence-electron chi connectivity index (χ1n) is 8.69. The van der Waals surface area contributed by atoms with Crippen LogP contribution in [0.25, 0.3) is 0 Å². The van der Waals surface area contributed by atoms with Gasteiger partial charge in [0, 0.05) is 36.9 Å². The number of nitrogens with one attached hydrogen (secondary N) is 1. The lowest BCUT2D eigenvalue weighted by atomic mass is 10.1. The number of benzene rings is 1. The van der Waals surface area contributed by atoms with Crippen molar-refractivity contribution in [3.05, 3.63) is 82.9 Å². The summed E-state index contributed by atoms with van der Waals surface area (Å²) in [6, 6.07) is 6.80. The maximum Gasteiger partial charge on any atom is 0.252 e. The molecule has 27 heavy (non-hydrogen) atoms. The number of nitrogens with two attached hydrogens (primary N) is 1. The van der Waals surface area contributed by atoms with Gasteiger partial charge in [0.15, 0.2) is 0 Å². The van der Waals surface area contributed by atoms with Crippen LogP contribution in [0, 0.1) is 5.82 Å². The minimum Gasteiger partial charge on any atom is -0.377 e. The molecule has 1 unspecified atom stereocenters. The summed E-state index contributed by atoms with van der Waals surface area (Å²) in [5.41, 5.74) is 9.56. The largest absolute Gasteiger partial charge is 0.377 e. The van der Waals surface area contributed by atoms with Crippen LogP contribution in [0.2, 0.25) is 0 Å². The second-order valence-electron chi connectivity index (χ2n) is 6.50. The fourth-order valence-electron chi connectivity index (χ4n) is 3.47. The first-order chi connectivity index (χ1) is 13.1. The Bertz CT molecular complexity index is 993. The van der Waals surface area contributed by atoms with E-state index in [2.05, 4.69) is 20.3 Å². The Balaban J connectivity index is 1.64. The van der Waals surface area contributed by atoms with Gasteiger partial charge < -0.3 is 11.1 Å². The highest BCUT2D eigenvalue weighted by Gasteiger charge is 2.26. The Hall–Kier alpha value is -3.35. The Labute approximate surface area is 155 Å². The number of primary amides is 1. The summed E-state index contributed by atoms with van der Waals surface area (Å²) in [4.78, 5) is 24.4. The number of halogens is 1. The van der Waals surface area contributed by atoms with Crippen LogP contribution in [0.3, 0.4) is 0 Å². The van der Waals surface area contributed by atoms with Gasteiger partial charge in [-0.1, -0.05) is 12.1 Å². The third-order valence-corrected chi connectivity index (χ3v) is 4.75. The first-order valence-corrected chi connectivity index (χ1v) is 8.69. The predicted octanol–water partition coefficient (Wildman–Crippen LogP) is 2.80. The zero-order valence-corrected chi connectivity index (χ0v) is 14.5. The zero-order chi connectivity index (χ0) is 18.8. The van der Waals surface area contributed by atoms with Crippen LogP contribution in [0.5, 0.6) is 0 Å². The van der Waals surface area contributed by atoms with Crippen LogP contribution < -0.4 is 11.1 Å². The van der Waals surface area contributed by atoms with Crippen LogP contribution in [0.15, 0.2) is 49.1 Å². The minimum absolute atomic E-state index is 0.0828. The van der Waals surface area contributed by atoms with Gasteiger partial charge in [-0.25, -0.2) is 4.39 Å². The van der Waals surface area contributed by atoms with Gasteiger partial charge in [-0.05, 0) is 36.1 Å². The van der Waals surface area contributed by atoms with Crippen molar-refractivity contribution in [2.75, 3.05) is 5.32 Å². The molecule has 0 fully saturated rings. The molecule has 0 bridgehead atoms. The molecular formula is C20H18FN5O. The smallest absolute Gasteiger partial charge is 0.252 e. The second kappa shape index (κ2) is 7.11. The maximum absolute atomic E-state index is 14.0. The van der Waals surface area contributed by atoms with Crippen LogP contribution >= 0.6 is 0 Å². The molecule has 7 heteroatoms. The van der Waals surface area contributed by atoms with Gasteiger partial charge in [-0.2, -0.15) is 0 Å². The average Bonchev–Trinajstić information content (AvgIpc) is 3.07. The van der Waals surface area contributed by atoms with E-state index < -0.39 is 5.91 Å². The molecule has 1 aromatic carbocycles. The number of fused-ring (bicyclic) bond motifs is 1. The van der Waals surface area contributed by atoms with E-state index in [1.54, 1.807) is 30.7 Å². The van der Waals surface area contributed by atoms with Crippen LogP contribution in [-0.4, -0.2) is 20.9 Å². The number of amides is 1. The number of pyridine rings is 1. The van der Waals surface area contributed by atoms with Gasteiger partial charge in [0.25, 0.3) is 5.91 Å². The molecule has 1 aliphatic carbocycles. The molecule has 0 saturated carbocycles. The van der Waals surface area contributed by atoms with Gasteiger partial charge in [0.05, 0.1) is 23.0 Å². The van der Waals surface area contributed by atoms with Gasteiger partial charge in [-0.3, -0.25) is 19.7 Å². The lowest BCUT2D eigenvalue weighted by Gasteiger charge is -2.18. The monoisotopic (exact) mass is 363 g/mol. The molecule has 0 radical (unpaired) electrons. The van der Waals surface area contributed by atoms with Crippen LogP contribution in [-0.2, 0) is 12.8 Å². The summed E-state index contributed by atoms with van der Waals surface area (Å²) in [5, 5.41) is 3.36. The van der Waals surface area contributed by atoms with Crippen molar-refractivity contribution < 1.29 is 9.18 Å². The van der Waals surface area contributed by atoms with E-state index in [9.17, 15) is 9.18 Å². The summed E-state index contributed by atoms with van der Waals surface area (Å²) in [5.74, 6) is -0.751. The molecule has 2 heterocycles. The molecule has 6 nitrogen and oxygen atoms in total. The molecule has 4 rings (SSSR count). The number of carbonyl (C=O) groups excluding carboxylic acids is 1. The lowest BCUT2D eigenvalue weighted by molar-refractivity contribution is 0.100. The van der Waals surface area contributed by atoms with Crippen molar-refractivity contribution in [2.45, 2.75) is 25.3 Å². The van der Waals surface area contributed by atoms with Crippen molar-refractivity contribution in [1.29, 1.82) is 0 Å². The summed E-state index contributed by atoms with van der Waals surface area (Å²) in [6.07, 6.45) is 8.26. The Morgan fingerprint density at radius 1 is 1.22 bits per heavy atom. The third kappa shape index (κ3) is 3.48. The summed E-state index contributed by atoms with van der Waals surface area (Å²) in [7, 11) is 0. The van der Waals surface area contributed by atoms with E-state index in [1.165, 1.54) is 12.3 Å². The molecule has 3 N–H and O–H groups in total. The Kier molecular flexibility index (Phi) is 4.50. The number of rotatable bonds is 5. The number of carbonyl (C=O) groups is 1. The van der Waals surface area contributed by atoms with Gasteiger partial charge >= 0.3 is 0 Å². The van der Waals surface area contributed by atoms with Crippen LogP contribution in [0.4, 0.5) is 10.1 Å². The molecule has 1 amide bonds. The SMILES string of the molecule is NC(=O)c1cnc(Cc2cnccn2)cc1NC1CCc2c(F)cccc21. The Morgan fingerprint density at radius 3 is 2.89 bits per heavy atom. The molecule has 0 spiro atoms. The van der Waals surface area contributed by atoms with E-state index in [0.717, 1.165) is 28.9 Å². The van der Waals surface area contributed by atoms with Crippen molar-refractivity contribution in [1.82, 2.24) is 15.0 Å². The van der Waals surface area contributed by atoms with E-state index >= 15 is 0 Å². The maximum atomic E-state index is 14.0. The molecule has 1 atom stereocenters. The molecular weight excluding hydrogens is 345 g/mol. The van der Waals surface area contributed by atoms with E-state index in [1.807, 2.05) is 6.07 Å². The third-order valence-electron chi connectivity index (χ3n) is 4.75. The predicted molar refractivity (Wildman–Crippen MR) is 98.7 cm³/mol. The van der Waals surface area contributed by atoms with Gasteiger partial charge in [0.2, 0.25) is 0 Å². The number of anilines is 1. The van der Waals surface area contributed by atoms with Crippen molar-refractivity contribution >= 4 is 11.6 Å². The topological polar surface area (TPSA) is 93.8 Å². The molecule has 1 aliphatic rings. The highest BCUT2D eigenvalue weighted by atomic mass is 19.1. The van der Waals surface area contributed by atoms with Gasteiger partial charge in [-0.15, -0.1) is 0 Å². The zero-order valence-electron chi connectivity index (χ0n) is 14.5. The van der Waals surface area contributed by atoms with E-state index in [4.69, 9.17) is 5.73 Å². The van der Waals surface area contributed by atoms with Crippen molar-refractivity contribution in [2.24, 2.45) is 5.73 Å². The fourth-order valence-corrected chi connectivity index (χ4v) is 3.47. The standard InChI is InChI=1S/C20H18FN5O/c21-17-3-1-2-15-14(17)4-5-18(15)26-19-9-12(25-11-16(19)20(22)27)8-13-10-23-6-7-24-13/h1-3,6-7,9-11,18H,4-5,8H2,(H2,22,27)(H,25,26). The number of nitrogens with zero attached hydrogens (tertiary/aromatic N) is 3. The highest BCUT2D eigenvalue weighted by Crippen LogP contribution is 2.36. The lowest BCUT2D eigenvalue weighted by Crippen LogP contribution is -2.17. The molecule has 3 aromatic rings.